The van der Waals surface area contributed by atoms with Crippen molar-refractivity contribution in [2.45, 2.75) is 29.9 Å². The van der Waals surface area contributed by atoms with Gasteiger partial charge in [-0.2, -0.15) is 5.10 Å². The second-order valence-corrected chi connectivity index (χ2v) is 9.94. The van der Waals surface area contributed by atoms with E-state index in [1.165, 1.54) is 11.8 Å². The molecule has 3 aliphatic rings. The summed E-state index contributed by atoms with van der Waals surface area (Å²) in [6, 6.07) is 9.10. The number of hydrogen-bond acceptors (Lipinski definition) is 9. The number of morpholine rings is 1. The lowest BCUT2D eigenvalue weighted by Crippen LogP contribution is -2.54. The highest BCUT2D eigenvalue weighted by molar-refractivity contribution is 8.15. The number of amidine groups is 1. The van der Waals surface area contributed by atoms with E-state index in [9.17, 15) is 15.0 Å². The predicted octanol–water partition coefficient (Wildman–Crippen LogP) is 0.314. The monoisotopic (exact) mass is 486 g/mol. The molecule has 1 amide bonds. The van der Waals surface area contributed by atoms with Gasteiger partial charge in [0.1, 0.15) is 6.10 Å². The third kappa shape index (κ3) is 5.13. The molecule has 0 radical (unpaired) electrons. The van der Waals surface area contributed by atoms with E-state index in [1.54, 1.807) is 10.9 Å². The van der Waals surface area contributed by atoms with E-state index in [0.29, 0.717) is 11.7 Å². The average molecular weight is 487 g/mol. The van der Waals surface area contributed by atoms with Crippen molar-refractivity contribution in [3.05, 3.63) is 42.7 Å². The SMILES string of the molecule is O=C(NCCN1CCOCC1)[C@H]1C[C@@H](O)[C@H](O)[C@@H]2N=C(Nc3ccc(-n4cccn4)cc3)S[C@@H]21. The van der Waals surface area contributed by atoms with Crippen molar-refractivity contribution in [3.8, 4) is 5.69 Å². The van der Waals surface area contributed by atoms with Gasteiger partial charge < -0.3 is 25.6 Å². The predicted molar refractivity (Wildman–Crippen MR) is 130 cm³/mol. The second-order valence-electron chi connectivity index (χ2n) is 8.77. The molecule has 10 nitrogen and oxygen atoms in total. The number of benzene rings is 1. The fourth-order valence-electron chi connectivity index (χ4n) is 4.64. The molecule has 1 aromatic carbocycles. The zero-order chi connectivity index (χ0) is 23.5. The Kier molecular flexibility index (Phi) is 7.16. The molecule has 0 unspecified atom stereocenters. The lowest BCUT2D eigenvalue weighted by Gasteiger charge is -2.37. The Labute approximate surface area is 202 Å². The summed E-state index contributed by atoms with van der Waals surface area (Å²) in [6.45, 7) is 4.50. The number of carbonyl (C=O) groups excluding carboxylic acids is 1. The lowest BCUT2D eigenvalue weighted by molar-refractivity contribution is -0.129. The van der Waals surface area contributed by atoms with Crippen LogP contribution in [0.5, 0.6) is 0 Å². The molecule has 1 saturated carbocycles. The Morgan fingerprint density at radius 2 is 2.00 bits per heavy atom. The summed E-state index contributed by atoms with van der Waals surface area (Å²) in [4.78, 5) is 19.9. The third-order valence-corrected chi connectivity index (χ3v) is 7.85. The zero-order valence-electron chi connectivity index (χ0n) is 18.8. The highest BCUT2D eigenvalue weighted by Crippen LogP contribution is 2.41. The van der Waals surface area contributed by atoms with Crippen LogP contribution in [0.25, 0.3) is 5.69 Å². The summed E-state index contributed by atoms with van der Waals surface area (Å²) >= 11 is 1.46. The number of hydrogen-bond donors (Lipinski definition) is 4. The van der Waals surface area contributed by atoms with Crippen molar-refractivity contribution in [2.75, 3.05) is 44.7 Å². The van der Waals surface area contributed by atoms with E-state index in [-0.39, 0.29) is 17.6 Å². The van der Waals surface area contributed by atoms with Gasteiger partial charge in [-0.25, -0.2) is 4.68 Å². The second kappa shape index (κ2) is 10.4. The highest BCUT2D eigenvalue weighted by atomic mass is 32.2. The van der Waals surface area contributed by atoms with Crippen molar-refractivity contribution in [2.24, 2.45) is 10.9 Å². The molecule has 2 aliphatic heterocycles. The number of aliphatic imine (C=N–C) groups is 1. The maximum absolute atomic E-state index is 13.0. The summed E-state index contributed by atoms with van der Waals surface area (Å²) in [5, 5.41) is 31.9. The number of amides is 1. The van der Waals surface area contributed by atoms with Crippen molar-refractivity contribution in [1.82, 2.24) is 20.0 Å². The summed E-state index contributed by atoms with van der Waals surface area (Å²) in [5.41, 5.74) is 1.79. The number of nitrogens with one attached hydrogen (secondary N) is 2. The molecule has 4 N–H and O–H groups in total. The number of fused-ring (bicyclic) bond motifs is 1. The van der Waals surface area contributed by atoms with E-state index in [1.807, 2.05) is 36.5 Å². The first-order valence-corrected chi connectivity index (χ1v) is 12.5. The van der Waals surface area contributed by atoms with Crippen LogP contribution in [-0.2, 0) is 9.53 Å². The van der Waals surface area contributed by atoms with Crippen molar-refractivity contribution >= 4 is 28.5 Å². The van der Waals surface area contributed by atoms with Crippen LogP contribution in [0.4, 0.5) is 5.69 Å². The van der Waals surface area contributed by atoms with Gasteiger partial charge in [0.05, 0.1) is 37.0 Å². The van der Waals surface area contributed by atoms with Crippen LogP contribution in [0.2, 0.25) is 0 Å². The Balaban J connectivity index is 1.20. The maximum atomic E-state index is 13.0. The number of anilines is 1. The number of thioether (sulfide) groups is 1. The van der Waals surface area contributed by atoms with Gasteiger partial charge in [-0.05, 0) is 36.8 Å². The van der Waals surface area contributed by atoms with Crippen molar-refractivity contribution < 1.29 is 19.7 Å². The first-order valence-electron chi connectivity index (χ1n) is 11.6. The molecule has 2 aromatic rings. The fraction of sp³-hybridized carbons (Fsp3) is 0.522. The quantitative estimate of drug-likeness (QED) is 0.460. The number of ether oxygens (including phenoxy) is 1. The molecule has 34 heavy (non-hydrogen) atoms. The van der Waals surface area contributed by atoms with Gasteiger partial charge in [-0.3, -0.25) is 14.7 Å². The number of nitrogens with zero attached hydrogens (tertiary/aromatic N) is 4. The largest absolute Gasteiger partial charge is 0.390 e. The van der Waals surface area contributed by atoms with Crippen LogP contribution < -0.4 is 10.6 Å². The van der Waals surface area contributed by atoms with Crippen LogP contribution in [0, 0.1) is 5.92 Å². The van der Waals surface area contributed by atoms with Crippen LogP contribution >= 0.6 is 11.8 Å². The first-order chi connectivity index (χ1) is 16.6. The smallest absolute Gasteiger partial charge is 0.224 e. The summed E-state index contributed by atoms with van der Waals surface area (Å²) in [7, 11) is 0. The number of aromatic nitrogens is 2. The summed E-state index contributed by atoms with van der Waals surface area (Å²) in [5.74, 6) is -0.523. The molecule has 182 valence electrons. The molecule has 2 fully saturated rings. The topological polar surface area (TPSA) is 124 Å². The minimum atomic E-state index is -0.989. The molecule has 3 heterocycles. The van der Waals surface area contributed by atoms with E-state index in [2.05, 4.69) is 25.6 Å². The first kappa shape index (κ1) is 23.3. The molecule has 1 aliphatic carbocycles. The molecular weight excluding hydrogens is 456 g/mol. The molecule has 0 spiro atoms. The molecule has 1 aromatic heterocycles. The molecule has 0 bridgehead atoms. The Hall–Kier alpha value is -2.44. The van der Waals surface area contributed by atoms with Gasteiger partial charge >= 0.3 is 0 Å². The molecule has 1 saturated heterocycles. The third-order valence-electron chi connectivity index (χ3n) is 6.54. The average Bonchev–Trinajstić information content (AvgIpc) is 3.53. The molecule has 5 atom stereocenters. The number of rotatable bonds is 6. The van der Waals surface area contributed by atoms with Gasteiger partial charge in [0.25, 0.3) is 0 Å². The summed E-state index contributed by atoms with van der Waals surface area (Å²) < 4.78 is 7.14. The van der Waals surface area contributed by atoms with E-state index in [4.69, 9.17) is 4.74 Å². The van der Waals surface area contributed by atoms with Crippen LogP contribution in [0.3, 0.4) is 0 Å². The minimum absolute atomic E-state index is 0.0956. The van der Waals surface area contributed by atoms with Gasteiger partial charge in [-0.1, -0.05) is 11.8 Å². The van der Waals surface area contributed by atoms with Crippen LogP contribution in [0.1, 0.15) is 6.42 Å². The van der Waals surface area contributed by atoms with Gasteiger partial charge in [0.2, 0.25) is 5.91 Å². The standard InChI is InChI=1S/C23H30N6O4S/c30-18-14-17(22(32)24-7-9-28-10-12-33-13-11-28)21-19(20(18)31)27-23(34-21)26-15-2-4-16(5-3-15)29-8-1-6-25-29/h1-6,8,17-21,30-31H,7,9-14H2,(H,24,32)(H,26,27)/t17-,18+,19-,20-,21+/m0/s1. The number of carbonyl (C=O) groups is 1. The molecular formula is C23H30N6O4S. The number of aliphatic hydroxyl groups is 2. The van der Waals surface area contributed by atoms with Gasteiger partial charge in [0, 0.05) is 49.5 Å². The van der Waals surface area contributed by atoms with E-state index < -0.39 is 24.2 Å². The van der Waals surface area contributed by atoms with Crippen molar-refractivity contribution in [1.29, 1.82) is 0 Å². The van der Waals surface area contributed by atoms with Crippen LogP contribution in [0.15, 0.2) is 47.7 Å². The van der Waals surface area contributed by atoms with Gasteiger partial charge in [-0.15, -0.1) is 0 Å². The van der Waals surface area contributed by atoms with E-state index in [0.717, 1.165) is 44.2 Å². The fourth-order valence-corrected chi connectivity index (χ4v) is 6.02. The van der Waals surface area contributed by atoms with Crippen molar-refractivity contribution in [3.63, 3.8) is 0 Å². The van der Waals surface area contributed by atoms with Gasteiger partial charge in [0.15, 0.2) is 5.17 Å². The zero-order valence-corrected chi connectivity index (χ0v) is 19.6. The highest BCUT2D eigenvalue weighted by Gasteiger charge is 2.50. The maximum Gasteiger partial charge on any atom is 0.224 e. The normalized spacial score (nSPS) is 29.4. The Bertz CT molecular complexity index is 995. The Morgan fingerprint density at radius 3 is 2.74 bits per heavy atom. The van der Waals surface area contributed by atoms with Crippen LogP contribution in [-0.4, -0.2) is 98.9 Å². The summed E-state index contributed by atoms with van der Waals surface area (Å²) in [6.07, 6.45) is 1.86. The minimum Gasteiger partial charge on any atom is -0.390 e. The number of aliphatic hydroxyl groups excluding tert-OH is 2. The molecule has 11 heteroatoms. The Morgan fingerprint density at radius 1 is 1.21 bits per heavy atom. The lowest BCUT2D eigenvalue weighted by atomic mass is 9.81. The van der Waals surface area contributed by atoms with E-state index >= 15 is 0 Å². The molecule has 5 rings (SSSR count).